The van der Waals surface area contributed by atoms with Crippen molar-refractivity contribution in [1.29, 1.82) is 0 Å². The van der Waals surface area contributed by atoms with Gasteiger partial charge in [-0.15, -0.1) is 0 Å². The molecule has 3 nitrogen and oxygen atoms in total. The number of esters is 1. The van der Waals surface area contributed by atoms with Crippen LogP contribution in [0, 0.1) is 17.3 Å². The number of hydrogen-bond acceptors (Lipinski definition) is 3. The molecule has 0 aliphatic heterocycles. The molecule has 0 aromatic carbocycles. The maximum Gasteiger partial charge on any atom is 0.305 e. The first kappa shape index (κ1) is 17.5. The standard InChI is InChI=1S/C17H33NO2/c1-5-20-16(19)11-10-15(18)12-13-6-8-14(9-7-13)17(2,3)4/h13-15H,5-12,18H2,1-4H3. The normalized spacial score (nSPS) is 25.2. The van der Waals surface area contributed by atoms with Crippen LogP contribution in [0.2, 0.25) is 0 Å². The molecule has 1 atom stereocenters. The summed E-state index contributed by atoms with van der Waals surface area (Å²) in [6, 6.07) is 0.149. The van der Waals surface area contributed by atoms with E-state index in [1.807, 2.05) is 6.92 Å². The zero-order valence-electron chi connectivity index (χ0n) is 13.8. The predicted octanol–water partition coefficient (Wildman–Crippen LogP) is 3.90. The third-order valence-electron chi connectivity index (χ3n) is 4.73. The Hall–Kier alpha value is -0.570. The number of carbonyl (C=O) groups is 1. The average Bonchev–Trinajstić information content (AvgIpc) is 2.36. The average molecular weight is 283 g/mol. The van der Waals surface area contributed by atoms with Gasteiger partial charge in [0.2, 0.25) is 0 Å². The highest BCUT2D eigenvalue weighted by atomic mass is 16.5. The Morgan fingerprint density at radius 1 is 1.25 bits per heavy atom. The summed E-state index contributed by atoms with van der Waals surface area (Å²) in [5, 5.41) is 0. The summed E-state index contributed by atoms with van der Waals surface area (Å²) in [7, 11) is 0. The van der Waals surface area contributed by atoms with Gasteiger partial charge in [0.1, 0.15) is 0 Å². The van der Waals surface area contributed by atoms with Crippen LogP contribution in [0.4, 0.5) is 0 Å². The molecule has 0 aromatic rings. The van der Waals surface area contributed by atoms with Crippen molar-refractivity contribution in [2.75, 3.05) is 6.61 Å². The van der Waals surface area contributed by atoms with Gasteiger partial charge < -0.3 is 10.5 Å². The fourth-order valence-electron chi connectivity index (χ4n) is 3.35. The van der Waals surface area contributed by atoms with E-state index in [0.717, 1.165) is 24.7 Å². The maximum absolute atomic E-state index is 11.3. The van der Waals surface area contributed by atoms with Gasteiger partial charge in [0.15, 0.2) is 0 Å². The minimum Gasteiger partial charge on any atom is -0.466 e. The topological polar surface area (TPSA) is 52.3 Å². The number of carbonyl (C=O) groups excluding carboxylic acids is 1. The van der Waals surface area contributed by atoms with E-state index < -0.39 is 0 Å². The molecule has 1 rings (SSSR count). The van der Waals surface area contributed by atoms with E-state index in [9.17, 15) is 4.79 Å². The summed E-state index contributed by atoms with van der Waals surface area (Å²) in [6.07, 6.45) is 7.56. The summed E-state index contributed by atoms with van der Waals surface area (Å²) >= 11 is 0. The molecular weight excluding hydrogens is 250 g/mol. The highest BCUT2D eigenvalue weighted by Crippen LogP contribution is 2.40. The lowest BCUT2D eigenvalue weighted by atomic mass is 9.69. The minimum absolute atomic E-state index is 0.112. The lowest BCUT2D eigenvalue weighted by Crippen LogP contribution is -2.30. The molecule has 20 heavy (non-hydrogen) atoms. The van der Waals surface area contributed by atoms with Crippen molar-refractivity contribution in [3.8, 4) is 0 Å². The molecule has 0 spiro atoms. The minimum atomic E-state index is -0.112. The molecule has 1 saturated carbocycles. The van der Waals surface area contributed by atoms with Crippen molar-refractivity contribution in [3.63, 3.8) is 0 Å². The zero-order chi connectivity index (χ0) is 15.2. The van der Waals surface area contributed by atoms with Crippen molar-refractivity contribution in [2.24, 2.45) is 23.0 Å². The second-order valence-corrected chi connectivity index (χ2v) is 7.42. The molecule has 0 radical (unpaired) electrons. The van der Waals surface area contributed by atoms with Gasteiger partial charge in [0, 0.05) is 12.5 Å². The van der Waals surface area contributed by atoms with E-state index in [4.69, 9.17) is 10.5 Å². The van der Waals surface area contributed by atoms with E-state index in [0.29, 0.717) is 18.4 Å². The SMILES string of the molecule is CCOC(=O)CCC(N)CC1CCC(C(C)(C)C)CC1. The highest BCUT2D eigenvalue weighted by Gasteiger charge is 2.30. The van der Waals surface area contributed by atoms with Gasteiger partial charge in [-0.2, -0.15) is 0 Å². The van der Waals surface area contributed by atoms with E-state index in [-0.39, 0.29) is 12.0 Å². The molecule has 1 aliphatic rings. The zero-order valence-corrected chi connectivity index (χ0v) is 13.8. The van der Waals surface area contributed by atoms with Gasteiger partial charge in [-0.25, -0.2) is 0 Å². The van der Waals surface area contributed by atoms with Gasteiger partial charge in [-0.3, -0.25) is 4.79 Å². The second-order valence-electron chi connectivity index (χ2n) is 7.42. The van der Waals surface area contributed by atoms with Crippen LogP contribution in [0.5, 0.6) is 0 Å². The van der Waals surface area contributed by atoms with Gasteiger partial charge in [-0.1, -0.05) is 33.6 Å². The quantitative estimate of drug-likeness (QED) is 0.752. The molecule has 0 heterocycles. The molecule has 0 aromatic heterocycles. The summed E-state index contributed by atoms with van der Waals surface area (Å²) in [5.74, 6) is 1.50. The fourth-order valence-corrected chi connectivity index (χ4v) is 3.35. The molecule has 0 bridgehead atoms. The molecule has 0 saturated heterocycles. The molecular formula is C17H33NO2. The van der Waals surface area contributed by atoms with Gasteiger partial charge in [0.25, 0.3) is 0 Å². The van der Waals surface area contributed by atoms with Crippen LogP contribution in [0.25, 0.3) is 0 Å². The van der Waals surface area contributed by atoms with Crippen LogP contribution in [0.1, 0.15) is 72.6 Å². The lowest BCUT2D eigenvalue weighted by molar-refractivity contribution is -0.143. The third kappa shape index (κ3) is 6.25. The highest BCUT2D eigenvalue weighted by molar-refractivity contribution is 5.69. The number of ether oxygens (including phenoxy) is 1. The molecule has 0 amide bonds. The smallest absolute Gasteiger partial charge is 0.305 e. The predicted molar refractivity (Wildman–Crippen MR) is 83.4 cm³/mol. The number of rotatable bonds is 6. The molecule has 2 N–H and O–H groups in total. The number of hydrogen-bond donors (Lipinski definition) is 1. The summed E-state index contributed by atoms with van der Waals surface area (Å²) in [4.78, 5) is 11.3. The Balaban J connectivity index is 2.21. The lowest BCUT2D eigenvalue weighted by Gasteiger charge is -2.37. The van der Waals surface area contributed by atoms with E-state index in [2.05, 4.69) is 20.8 Å². The Kier molecular flexibility index (Phi) is 7.01. The first-order valence-corrected chi connectivity index (χ1v) is 8.24. The van der Waals surface area contributed by atoms with Crippen molar-refractivity contribution < 1.29 is 9.53 Å². The maximum atomic E-state index is 11.3. The molecule has 1 unspecified atom stereocenters. The molecule has 1 aliphatic carbocycles. The Bertz CT molecular complexity index is 288. The fraction of sp³-hybridized carbons (Fsp3) is 0.941. The van der Waals surface area contributed by atoms with E-state index in [1.54, 1.807) is 0 Å². The Morgan fingerprint density at radius 2 is 1.85 bits per heavy atom. The van der Waals surface area contributed by atoms with Crippen molar-refractivity contribution >= 4 is 5.97 Å². The van der Waals surface area contributed by atoms with Gasteiger partial charge in [0.05, 0.1) is 6.61 Å². The van der Waals surface area contributed by atoms with Crippen LogP contribution in [-0.4, -0.2) is 18.6 Å². The molecule has 3 heteroatoms. The van der Waals surface area contributed by atoms with Gasteiger partial charge >= 0.3 is 5.97 Å². The first-order chi connectivity index (χ1) is 9.32. The van der Waals surface area contributed by atoms with Crippen LogP contribution >= 0.6 is 0 Å². The number of nitrogens with two attached hydrogens (primary N) is 1. The van der Waals surface area contributed by atoms with Crippen molar-refractivity contribution in [1.82, 2.24) is 0 Å². The summed E-state index contributed by atoms with van der Waals surface area (Å²) in [5.41, 5.74) is 6.60. The molecule has 118 valence electrons. The Labute approximate surface area is 124 Å². The Morgan fingerprint density at radius 3 is 2.35 bits per heavy atom. The summed E-state index contributed by atoms with van der Waals surface area (Å²) in [6.45, 7) is 9.35. The monoisotopic (exact) mass is 283 g/mol. The van der Waals surface area contributed by atoms with Crippen LogP contribution in [0.15, 0.2) is 0 Å². The van der Waals surface area contributed by atoms with Crippen molar-refractivity contribution in [2.45, 2.75) is 78.7 Å². The first-order valence-electron chi connectivity index (χ1n) is 8.24. The third-order valence-corrected chi connectivity index (χ3v) is 4.73. The van der Waals surface area contributed by atoms with Crippen LogP contribution < -0.4 is 5.73 Å². The summed E-state index contributed by atoms with van der Waals surface area (Å²) < 4.78 is 4.94. The molecule has 1 fully saturated rings. The van der Waals surface area contributed by atoms with E-state index in [1.165, 1.54) is 25.7 Å². The van der Waals surface area contributed by atoms with Crippen molar-refractivity contribution in [3.05, 3.63) is 0 Å². The largest absolute Gasteiger partial charge is 0.466 e. The van der Waals surface area contributed by atoms with Gasteiger partial charge in [-0.05, 0) is 49.9 Å². The van der Waals surface area contributed by atoms with Crippen LogP contribution in [-0.2, 0) is 9.53 Å². The second kappa shape index (κ2) is 8.02. The van der Waals surface area contributed by atoms with Crippen LogP contribution in [0.3, 0.4) is 0 Å². The van der Waals surface area contributed by atoms with E-state index >= 15 is 0 Å².